The summed E-state index contributed by atoms with van der Waals surface area (Å²) in [7, 11) is 1.50. The summed E-state index contributed by atoms with van der Waals surface area (Å²) in [5.41, 5.74) is 0.752. The van der Waals surface area contributed by atoms with E-state index >= 15 is 0 Å². The van der Waals surface area contributed by atoms with E-state index in [9.17, 15) is 9.18 Å². The monoisotopic (exact) mass is 324 g/mol. The van der Waals surface area contributed by atoms with Gasteiger partial charge in [0.15, 0.2) is 6.10 Å². The van der Waals surface area contributed by atoms with Gasteiger partial charge in [0.25, 0.3) is 0 Å². The van der Waals surface area contributed by atoms with Gasteiger partial charge in [0, 0.05) is 17.0 Å². The summed E-state index contributed by atoms with van der Waals surface area (Å²) >= 11 is 0. The van der Waals surface area contributed by atoms with Crippen LogP contribution in [0.1, 0.15) is 30.4 Å². The van der Waals surface area contributed by atoms with Crippen molar-refractivity contribution in [1.29, 1.82) is 0 Å². The number of ether oxygens (including phenoxy) is 4. The van der Waals surface area contributed by atoms with Crippen LogP contribution < -0.4 is 4.74 Å². The van der Waals surface area contributed by atoms with Crippen LogP contribution in [0.15, 0.2) is 12.1 Å². The second-order valence-corrected chi connectivity index (χ2v) is 6.07. The zero-order chi connectivity index (χ0) is 16.6. The summed E-state index contributed by atoms with van der Waals surface area (Å²) in [6.07, 6.45) is -0.102. The molecule has 0 aromatic heterocycles. The highest BCUT2D eigenvalue weighted by molar-refractivity contribution is 5.77. The highest BCUT2D eigenvalue weighted by Crippen LogP contribution is 2.48. The molecular weight excluding hydrogens is 303 g/mol. The molecule has 2 fully saturated rings. The van der Waals surface area contributed by atoms with E-state index in [1.54, 1.807) is 19.9 Å². The van der Waals surface area contributed by atoms with E-state index in [1.807, 2.05) is 0 Å². The van der Waals surface area contributed by atoms with Gasteiger partial charge in [-0.1, -0.05) is 6.07 Å². The fraction of sp³-hybridized carbons (Fsp3) is 0.588. The summed E-state index contributed by atoms with van der Waals surface area (Å²) in [6.45, 7) is 4.63. The molecule has 6 heteroatoms. The van der Waals surface area contributed by atoms with Crippen LogP contribution in [0, 0.1) is 12.7 Å². The lowest BCUT2D eigenvalue weighted by Gasteiger charge is -2.37. The predicted molar refractivity (Wildman–Crippen MR) is 80.1 cm³/mol. The Kier molecular flexibility index (Phi) is 4.29. The van der Waals surface area contributed by atoms with E-state index in [1.165, 1.54) is 13.2 Å². The zero-order valence-corrected chi connectivity index (χ0v) is 13.6. The van der Waals surface area contributed by atoms with Gasteiger partial charge in [-0.15, -0.1) is 0 Å². The van der Waals surface area contributed by atoms with Gasteiger partial charge >= 0.3 is 5.97 Å². The third-order valence-electron chi connectivity index (χ3n) is 4.56. The first-order valence-corrected chi connectivity index (χ1v) is 7.76. The van der Waals surface area contributed by atoms with Crippen LogP contribution in [0.5, 0.6) is 5.75 Å². The van der Waals surface area contributed by atoms with E-state index in [-0.39, 0.29) is 18.3 Å². The van der Waals surface area contributed by atoms with Crippen LogP contribution in [0.3, 0.4) is 0 Å². The predicted octanol–water partition coefficient (Wildman–Crippen LogP) is 2.35. The van der Waals surface area contributed by atoms with Crippen molar-refractivity contribution in [2.24, 2.45) is 0 Å². The molecule has 2 saturated heterocycles. The maximum atomic E-state index is 13.8. The first-order chi connectivity index (χ1) is 11.0. The molecule has 1 spiro atoms. The topological polar surface area (TPSA) is 54.0 Å². The Morgan fingerprint density at radius 2 is 2.17 bits per heavy atom. The molecular formula is C17H21FO5. The Balaban J connectivity index is 1.98. The lowest BCUT2D eigenvalue weighted by molar-refractivity contribution is -0.208. The summed E-state index contributed by atoms with van der Waals surface area (Å²) < 4.78 is 35.6. The molecule has 0 bridgehead atoms. The van der Waals surface area contributed by atoms with Crippen molar-refractivity contribution in [2.45, 2.75) is 37.9 Å². The quantitative estimate of drug-likeness (QED) is 0.796. The second kappa shape index (κ2) is 6.09. The number of carbonyl (C=O) groups is 1. The molecule has 1 aromatic rings. The summed E-state index contributed by atoms with van der Waals surface area (Å²) in [6, 6.07) is 3.07. The van der Waals surface area contributed by atoms with Gasteiger partial charge in [0.2, 0.25) is 0 Å². The molecule has 0 aliphatic carbocycles. The van der Waals surface area contributed by atoms with Crippen molar-refractivity contribution < 1.29 is 28.1 Å². The molecule has 23 heavy (non-hydrogen) atoms. The Bertz CT molecular complexity index is 611. The number of carbonyl (C=O) groups excluding carboxylic acids is 1. The van der Waals surface area contributed by atoms with Crippen LogP contribution >= 0.6 is 0 Å². The molecule has 5 nitrogen and oxygen atoms in total. The molecule has 2 aliphatic heterocycles. The second-order valence-electron chi connectivity index (χ2n) is 6.07. The van der Waals surface area contributed by atoms with Gasteiger partial charge in [0.05, 0.1) is 26.9 Å². The average molecular weight is 324 g/mol. The highest BCUT2D eigenvalue weighted by Gasteiger charge is 2.55. The van der Waals surface area contributed by atoms with Crippen LogP contribution in [-0.4, -0.2) is 44.6 Å². The van der Waals surface area contributed by atoms with Gasteiger partial charge in [-0.2, -0.15) is 0 Å². The fourth-order valence-corrected chi connectivity index (χ4v) is 3.38. The molecule has 3 rings (SSSR count). The van der Waals surface area contributed by atoms with E-state index in [0.29, 0.717) is 30.9 Å². The smallest absolute Gasteiger partial charge is 0.335 e. The van der Waals surface area contributed by atoms with Crippen LogP contribution in [0.2, 0.25) is 0 Å². The molecule has 0 amide bonds. The summed E-state index contributed by atoms with van der Waals surface area (Å²) in [4.78, 5) is 12.3. The molecule has 2 atom stereocenters. The number of methoxy groups -OCH3 is 1. The average Bonchev–Trinajstić information content (AvgIpc) is 2.91. The van der Waals surface area contributed by atoms with Gasteiger partial charge < -0.3 is 18.9 Å². The molecule has 2 unspecified atom stereocenters. The summed E-state index contributed by atoms with van der Waals surface area (Å²) in [5, 5.41) is 0. The Labute approximate surface area is 134 Å². The van der Waals surface area contributed by atoms with Gasteiger partial charge in [0.1, 0.15) is 17.2 Å². The van der Waals surface area contributed by atoms with Crippen LogP contribution in [0.4, 0.5) is 4.39 Å². The number of hydrogen-bond donors (Lipinski definition) is 0. The maximum absolute atomic E-state index is 13.8. The number of benzene rings is 1. The minimum absolute atomic E-state index is 0.243. The normalized spacial score (nSPS) is 25.2. The zero-order valence-electron chi connectivity index (χ0n) is 13.6. The van der Waals surface area contributed by atoms with Gasteiger partial charge in [-0.3, -0.25) is 0 Å². The van der Waals surface area contributed by atoms with E-state index in [4.69, 9.17) is 18.9 Å². The Hall–Kier alpha value is -1.66. The number of hydrogen-bond acceptors (Lipinski definition) is 5. The number of halogens is 1. The molecule has 2 heterocycles. The maximum Gasteiger partial charge on any atom is 0.335 e. The number of rotatable bonds is 4. The molecule has 2 aliphatic rings. The fourth-order valence-electron chi connectivity index (χ4n) is 3.38. The van der Waals surface area contributed by atoms with E-state index < -0.39 is 17.7 Å². The molecule has 0 saturated carbocycles. The summed E-state index contributed by atoms with van der Waals surface area (Å²) in [5.74, 6) is -0.512. The minimum atomic E-state index is -0.724. The molecule has 0 N–H and O–H groups in total. The van der Waals surface area contributed by atoms with Crippen molar-refractivity contribution in [2.75, 3.05) is 26.9 Å². The first-order valence-electron chi connectivity index (χ1n) is 7.76. The third kappa shape index (κ3) is 2.70. The Morgan fingerprint density at radius 3 is 2.74 bits per heavy atom. The Morgan fingerprint density at radius 1 is 1.43 bits per heavy atom. The van der Waals surface area contributed by atoms with Crippen molar-refractivity contribution in [3.63, 3.8) is 0 Å². The van der Waals surface area contributed by atoms with Gasteiger partial charge in [-0.25, -0.2) is 9.18 Å². The lowest BCUT2D eigenvalue weighted by Crippen LogP contribution is -2.50. The number of esters is 1. The SMILES string of the molecule is CCOC(=O)C1OC2(COC2)CC1c1ccc(F)c(C)c1OC. The van der Waals surface area contributed by atoms with E-state index in [0.717, 1.165) is 5.56 Å². The van der Waals surface area contributed by atoms with Crippen molar-refractivity contribution >= 4 is 5.97 Å². The molecule has 0 radical (unpaired) electrons. The van der Waals surface area contributed by atoms with E-state index in [2.05, 4.69) is 0 Å². The first kappa shape index (κ1) is 16.2. The molecule has 1 aromatic carbocycles. The van der Waals surface area contributed by atoms with Gasteiger partial charge in [-0.05, 0) is 26.3 Å². The third-order valence-corrected chi connectivity index (χ3v) is 4.56. The van der Waals surface area contributed by atoms with Crippen molar-refractivity contribution in [3.8, 4) is 5.75 Å². The molecule has 126 valence electrons. The lowest BCUT2D eigenvalue weighted by atomic mass is 9.84. The van der Waals surface area contributed by atoms with Crippen molar-refractivity contribution in [3.05, 3.63) is 29.1 Å². The van der Waals surface area contributed by atoms with Crippen LogP contribution in [0.25, 0.3) is 0 Å². The van der Waals surface area contributed by atoms with Crippen LogP contribution in [-0.2, 0) is 19.0 Å². The standard InChI is InChI=1S/C17H21FO5/c1-4-22-16(19)15-12(7-17(23-15)8-21-9-17)11-5-6-13(18)10(2)14(11)20-3/h5-6,12,15H,4,7-9H2,1-3H3. The highest BCUT2D eigenvalue weighted by atomic mass is 19.1. The largest absolute Gasteiger partial charge is 0.496 e. The van der Waals surface area contributed by atoms with Crippen molar-refractivity contribution in [1.82, 2.24) is 0 Å². The minimum Gasteiger partial charge on any atom is -0.496 e.